The molecule has 1 heterocycles. The lowest BCUT2D eigenvalue weighted by molar-refractivity contribution is 0.108. The Hall–Kier alpha value is -0.900. The summed E-state index contributed by atoms with van der Waals surface area (Å²) in [7, 11) is 0. The van der Waals surface area contributed by atoms with Crippen LogP contribution in [0, 0.1) is 5.92 Å². The first kappa shape index (κ1) is 13.1. The topological polar surface area (TPSA) is 32.3 Å². The van der Waals surface area contributed by atoms with Crippen molar-refractivity contribution in [1.82, 2.24) is 5.32 Å². The summed E-state index contributed by atoms with van der Waals surface area (Å²) < 4.78 is 1.38. The Morgan fingerprint density at radius 1 is 1.16 bits per heavy atom. The van der Waals surface area contributed by atoms with Crippen LogP contribution in [0.3, 0.4) is 0 Å². The van der Waals surface area contributed by atoms with Gasteiger partial charge in [-0.2, -0.15) is 0 Å². The van der Waals surface area contributed by atoms with Gasteiger partial charge in [-0.05, 0) is 60.5 Å². The molecule has 1 aliphatic rings. The van der Waals surface area contributed by atoms with E-state index in [9.17, 15) is 5.11 Å². The molecule has 0 unspecified atom stereocenters. The van der Waals surface area contributed by atoms with E-state index in [4.69, 9.17) is 0 Å². The molecule has 0 bridgehead atoms. The van der Waals surface area contributed by atoms with Gasteiger partial charge in [0.25, 0.3) is 0 Å². The predicted octanol–water partition coefficient (Wildman–Crippen LogP) is 3.54. The number of aliphatic hydroxyl groups excluding tert-OH is 1. The number of aliphatic hydroxyl groups is 1. The van der Waals surface area contributed by atoms with Crippen LogP contribution in [0.1, 0.15) is 31.2 Å². The third-order valence-corrected chi connectivity index (χ3v) is 5.14. The summed E-state index contributed by atoms with van der Waals surface area (Å²) in [5.74, 6) is 0.744. The molecule has 19 heavy (non-hydrogen) atoms. The van der Waals surface area contributed by atoms with Gasteiger partial charge in [-0.1, -0.05) is 18.2 Å². The van der Waals surface area contributed by atoms with Crippen molar-refractivity contribution < 1.29 is 5.11 Å². The summed E-state index contributed by atoms with van der Waals surface area (Å²) >= 11 is 1.83. The highest BCUT2D eigenvalue weighted by molar-refractivity contribution is 7.17. The van der Waals surface area contributed by atoms with Gasteiger partial charge in [0.1, 0.15) is 0 Å². The Kier molecular flexibility index (Phi) is 4.16. The maximum atomic E-state index is 9.50. The minimum atomic E-state index is -0.0444. The van der Waals surface area contributed by atoms with E-state index in [1.165, 1.54) is 28.5 Å². The van der Waals surface area contributed by atoms with E-state index in [0.717, 1.165) is 31.8 Å². The molecule has 0 atom stereocenters. The van der Waals surface area contributed by atoms with Crippen molar-refractivity contribution in [3.8, 4) is 0 Å². The molecule has 1 fully saturated rings. The Balaban J connectivity index is 1.52. The minimum absolute atomic E-state index is 0.0444. The summed E-state index contributed by atoms with van der Waals surface area (Å²) in [6, 6.07) is 8.61. The SMILES string of the molecule is OC1CCC(CNCc2csc3ccccc23)CC1. The van der Waals surface area contributed by atoms with Crippen LogP contribution in [-0.4, -0.2) is 17.8 Å². The van der Waals surface area contributed by atoms with Crippen molar-refractivity contribution in [3.05, 3.63) is 35.2 Å². The zero-order valence-electron chi connectivity index (χ0n) is 11.1. The lowest BCUT2D eigenvalue weighted by atomic mass is 9.87. The minimum Gasteiger partial charge on any atom is -0.393 e. The molecule has 102 valence electrons. The summed E-state index contributed by atoms with van der Waals surface area (Å²) in [4.78, 5) is 0. The normalized spacial score (nSPS) is 23.8. The summed E-state index contributed by atoms with van der Waals surface area (Å²) in [5, 5.41) is 16.7. The summed E-state index contributed by atoms with van der Waals surface area (Å²) in [5.41, 5.74) is 1.41. The molecule has 0 spiro atoms. The first-order valence-corrected chi connectivity index (χ1v) is 8.05. The van der Waals surface area contributed by atoms with Gasteiger partial charge in [-0.25, -0.2) is 0 Å². The molecular weight excluding hydrogens is 254 g/mol. The van der Waals surface area contributed by atoms with Crippen molar-refractivity contribution in [2.75, 3.05) is 6.54 Å². The number of benzene rings is 1. The number of fused-ring (bicyclic) bond motifs is 1. The van der Waals surface area contributed by atoms with Crippen LogP contribution in [0.4, 0.5) is 0 Å². The van der Waals surface area contributed by atoms with Crippen molar-refractivity contribution >= 4 is 21.4 Å². The highest BCUT2D eigenvalue weighted by Crippen LogP contribution is 2.26. The van der Waals surface area contributed by atoms with Crippen LogP contribution in [0.5, 0.6) is 0 Å². The van der Waals surface area contributed by atoms with Gasteiger partial charge < -0.3 is 10.4 Å². The van der Waals surface area contributed by atoms with Crippen molar-refractivity contribution in [2.24, 2.45) is 5.92 Å². The Labute approximate surface area is 118 Å². The number of hydrogen-bond acceptors (Lipinski definition) is 3. The van der Waals surface area contributed by atoms with E-state index >= 15 is 0 Å². The monoisotopic (exact) mass is 275 g/mol. The van der Waals surface area contributed by atoms with Crippen LogP contribution in [0.25, 0.3) is 10.1 Å². The van der Waals surface area contributed by atoms with Gasteiger partial charge in [0, 0.05) is 11.2 Å². The molecule has 0 amide bonds. The predicted molar refractivity (Wildman–Crippen MR) is 81.5 cm³/mol. The molecule has 1 aliphatic carbocycles. The first-order valence-electron chi connectivity index (χ1n) is 7.17. The maximum Gasteiger partial charge on any atom is 0.0540 e. The van der Waals surface area contributed by atoms with Crippen molar-refractivity contribution in [3.63, 3.8) is 0 Å². The smallest absolute Gasteiger partial charge is 0.0540 e. The van der Waals surface area contributed by atoms with Gasteiger partial charge in [-0.3, -0.25) is 0 Å². The van der Waals surface area contributed by atoms with E-state index in [1.54, 1.807) is 0 Å². The molecular formula is C16H21NOS. The largest absolute Gasteiger partial charge is 0.393 e. The van der Waals surface area contributed by atoms with Crippen LogP contribution < -0.4 is 5.32 Å². The van der Waals surface area contributed by atoms with E-state index in [-0.39, 0.29) is 6.10 Å². The number of thiophene rings is 1. The lowest BCUT2D eigenvalue weighted by Gasteiger charge is -2.25. The standard InChI is InChI=1S/C16H21NOS/c18-14-7-5-12(6-8-14)9-17-10-13-11-19-16-4-2-1-3-15(13)16/h1-4,11-12,14,17-18H,5-10H2. The Morgan fingerprint density at radius 2 is 1.95 bits per heavy atom. The summed E-state index contributed by atoms with van der Waals surface area (Å²) in [6.45, 7) is 2.04. The fourth-order valence-corrected chi connectivity index (χ4v) is 3.89. The second kappa shape index (κ2) is 6.04. The van der Waals surface area contributed by atoms with Gasteiger partial charge in [0.05, 0.1) is 6.10 Å². The first-order chi connectivity index (χ1) is 9.33. The van der Waals surface area contributed by atoms with Crippen LogP contribution in [0.2, 0.25) is 0 Å². The van der Waals surface area contributed by atoms with Gasteiger partial charge in [0.2, 0.25) is 0 Å². The van der Waals surface area contributed by atoms with Crippen molar-refractivity contribution in [2.45, 2.75) is 38.3 Å². The number of hydrogen-bond donors (Lipinski definition) is 2. The third-order valence-electron chi connectivity index (χ3n) is 4.13. The van der Waals surface area contributed by atoms with Gasteiger partial charge in [0.15, 0.2) is 0 Å². The van der Waals surface area contributed by atoms with Crippen LogP contribution in [0.15, 0.2) is 29.6 Å². The fourth-order valence-electron chi connectivity index (χ4n) is 2.93. The van der Waals surface area contributed by atoms with Gasteiger partial charge >= 0.3 is 0 Å². The molecule has 0 aliphatic heterocycles. The zero-order chi connectivity index (χ0) is 13.1. The molecule has 1 aromatic carbocycles. The Bertz CT molecular complexity index is 528. The lowest BCUT2D eigenvalue weighted by Crippen LogP contribution is -2.27. The number of nitrogens with one attached hydrogen (secondary N) is 1. The zero-order valence-corrected chi connectivity index (χ0v) is 12.0. The van der Waals surface area contributed by atoms with Crippen LogP contribution >= 0.6 is 11.3 Å². The average Bonchev–Trinajstić information content (AvgIpc) is 2.85. The maximum absolute atomic E-state index is 9.50. The Morgan fingerprint density at radius 3 is 2.79 bits per heavy atom. The number of rotatable bonds is 4. The highest BCUT2D eigenvalue weighted by Gasteiger charge is 2.18. The second-order valence-electron chi connectivity index (χ2n) is 5.56. The molecule has 2 N–H and O–H groups in total. The van der Waals surface area contributed by atoms with Crippen LogP contribution in [-0.2, 0) is 6.54 Å². The molecule has 2 nitrogen and oxygen atoms in total. The molecule has 1 saturated carbocycles. The molecule has 0 radical (unpaired) electrons. The molecule has 1 aromatic heterocycles. The average molecular weight is 275 g/mol. The van der Waals surface area contributed by atoms with E-state index < -0.39 is 0 Å². The van der Waals surface area contributed by atoms with E-state index in [0.29, 0.717) is 0 Å². The van der Waals surface area contributed by atoms with Crippen molar-refractivity contribution in [1.29, 1.82) is 0 Å². The second-order valence-corrected chi connectivity index (χ2v) is 6.47. The molecule has 3 heteroatoms. The van der Waals surface area contributed by atoms with E-state index in [1.807, 2.05) is 11.3 Å². The summed E-state index contributed by atoms with van der Waals surface area (Å²) in [6.07, 6.45) is 4.25. The molecule has 0 saturated heterocycles. The highest BCUT2D eigenvalue weighted by atomic mass is 32.1. The quantitative estimate of drug-likeness (QED) is 0.894. The third kappa shape index (κ3) is 3.16. The van der Waals surface area contributed by atoms with E-state index in [2.05, 4.69) is 35.0 Å². The van der Waals surface area contributed by atoms with Gasteiger partial charge in [-0.15, -0.1) is 11.3 Å². The molecule has 2 aromatic rings. The fraction of sp³-hybridized carbons (Fsp3) is 0.500. The molecule has 3 rings (SSSR count).